The van der Waals surface area contributed by atoms with Gasteiger partial charge in [0.05, 0.1) is 21.6 Å². The lowest BCUT2D eigenvalue weighted by Gasteiger charge is -2.39. The van der Waals surface area contributed by atoms with Crippen molar-refractivity contribution in [3.63, 3.8) is 0 Å². The number of aromatic amines is 1. The van der Waals surface area contributed by atoms with Crippen molar-refractivity contribution in [3.8, 4) is 11.5 Å². The Morgan fingerprint density at radius 3 is 2.60 bits per heavy atom. The third kappa shape index (κ3) is 9.43. The Morgan fingerprint density at radius 1 is 1.08 bits per heavy atom. The zero-order valence-electron chi connectivity index (χ0n) is 34.8. The second-order valence-electron chi connectivity index (χ2n) is 17.0. The van der Waals surface area contributed by atoms with Crippen molar-refractivity contribution >= 4 is 61.2 Å². The number of hydrogen-bond acceptors (Lipinski definition) is 11. The molecule has 0 atom stereocenters. The molecule has 0 saturated carbocycles. The maximum absolute atomic E-state index is 15.2. The van der Waals surface area contributed by atoms with Crippen molar-refractivity contribution in [3.05, 3.63) is 117 Å². The number of piperazine rings is 1. The van der Waals surface area contributed by atoms with Crippen molar-refractivity contribution in [2.24, 2.45) is 5.41 Å². The summed E-state index contributed by atoms with van der Waals surface area (Å²) >= 11 is 6.11. The number of fused-ring (bicyclic) bond motifs is 1. The van der Waals surface area contributed by atoms with Gasteiger partial charge in [-0.3, -0.25) is 19.8 Å². The second kappa shape index (κ2) is 17.7. The Labute approximate surface area is 364 Å². The first-order valence-electron chi connectivity index (χ1n) is 20.7. The van der Waals surface area contributed by atoms with Gasteiger partial charge >= 0.3 is 0 Å². The molecule has 2 aromatic heterocycles. The summed E-state index contributed by atoms with van der Waals surface area (Å²) in [5, 5.41) is 13.4. The van der Waals surface area contributed by atoms with Gasteiger partial charge in [0, 0.05) is 99.0 Å². The number of H-pyrrole nitrogens is 1. The Balaban J connectivity index is 1.02. The monoisotopic (exact) mass is 885 g/mol. The minimum Gasteiger partial charge on any atom is -0.455 e. The number of nitro groups is 1. The first kappa shape index (κ1) is 43.1. The number of halogens is 2. The molecule has 2 fully saturated rings. The normalized spacial score (nSPS) is 17.6. The van der Waals surface area contributed by atoms with Crippen molar-refractivity contribution in [1.29, 1.82) is 0 Å². The highest BCUT2D eigenvalue weighted by Crippen LogP contribution is 2.44. The number of ether oxygens (including phenoxy) is 2. The molecule has 14 nitrogen and oxygen atoms in total. The predicted octanol–water partition coefficient (Wildman–Crippen LogP) is 8.58. The number of aromatic nitrogens is 2. The van der Waals surface area contributed by atoms with Crippen molar-refractivity contribution in [2.75, 3.05) is 62.8 Å². The molecule has 326 valence electrons. The molecule has 2 saturated heterocycles. The minimum atomic E-state index is -4.58. The van der Waals surface area contributed by atoms with E-state index in [2.05, 4.69) is 38.3 Å². The van der Waals surface area contributed by atoms with Crippen LogP contribution in [0.1, 0.15) is 61.9 Å². The lowest BCUT2D eigenvalue weighted by atomic mass is 9.72. The quantitative estimate of drug-likeness (QED) is 0.0912. The summed E-state index contributed by atoms with van der Waals surface area (Å²) in [7, 11) is -2.85. The Bertz CT molecular complexity index is 2660. The van der Waals surface area contributed by atoms with E-state index in [0.717, 1.165) is 61.6 Å². The van der Waals surface area contributed by atoms with Crippen LogP contribution in [0, 0.1) is 21.3 Å². The number of benzene rings is 3. The van der Waals surface area contributed by atoms with Crippen LogP contribution >= 0.6 is 11.6 Å². The predicted molar refractivity (Wildman–Crippen MR) is 237 cm³/mol. The van der Waals surface area contributed by atoms with Gasteiger partial charge in [0.2, 0.25) is 0 Å². The van der Waals surface area contributed by atoms with E-state index in [4.69, 9.17) is 21.1 Å². The van der Waals surface area contributed by atoms with E-state index in [1.165, 1.54) is 36.0 Å². The minimum absolute atomic E-state index is 0.0174. The van der Waals surface area contributed by atoms with E-state index in [0.29, 0.717) is 61.1 Å². The average Bonchev–Trinajstić information content (AvgIpc) is 3.72. The number of sulfonamides is 1. The second-order valence-corrected chi connectivity index (χ2v) is 19.1. The van der Waals surface area contributed by atoms with Crippen LogP contribution in [0.25, 0.3) is 16.6 Å². The summed E-state index contributed by atoms with van der Waals surface area (Å²) < 4.78 is 56.5. The molecule has 62 heavy (non-hydrogen) atoms. The maximum atomic E-state index is 15.2. The number of rotatable bonds is 12. The third-order valence-corrected chi connectivity index (χ3v) is 13.8. The standard InChI is InChI=1S/C45H49ClFN7O7S/c1-45(2)14-10-30(38(26-45)36-7-4-31(46)23-39(36)47)28-52-16-18-53(19-17-52)33-5-8-37(42(24-33)61-34-22-29-11-15-48-43(29)49-27-34)44(55)50-62(58,59)35-6-9-40(41(25-35)54(56)57)51(3)32-12-20-60-21-13-32/h4-9,11,15,22-25,27,32H,10,12-14,16-21,26,28H2,1-3H3,(H,48,49)(H,50,55). The first-order chi connectivity index (χ1) is 29.6. The Kier molecular flexibility index (Phi) is 12.3. The van der Waals surface area contributed by atoms with E-state index >= 15 is 4.39 Å². The molecule has 8 rings (SSSR count). The molecule has 0 radical (unpaired) electrons. The number of nitrogens with one attached hydrogen (secondary N) is 2. The van der Waals surface area contributed by atoms with Crippen LogP contribution < -0.4 is 19.3 Å². The molecule has 3 aromatic carbocycles. The molecule has 0 bridgehead atoms. The molecule has 1 aliphatic carbocycles. The van der Waals surface area contributed by atoms with Gasteiger partial charge in [-0.25, -0.2) is 22.5 Å². The molecule has 3 aliphatic rings. The summed E-state index contributed by atoms with van der Waals surface area (Å²) in [6, 6.07) is 17.1. The molecule has 4 heterocycles. The highest BCUT2D eigenvalue weighted by Gasteiger charge is 2.32. The zero-order chi connectivity index (χ0) is 43.8. The van der Waals surface area contributed by atoms with Crippen molar-refractivity contribution in [1.82, 2.24) is 19.6 Å². The number of carbonyl (C=O) groups excluding carboxylic acids is 1. The number of pyridine rings is 1. The molecule has 1 amide bonds. The summed E-state index contributed by atoms with van der Waals surface area (Å²) in [6.07, 6.45) is 7.26. The largest absolute Gasteiger partial charge is 0.455 e. The van der Waals surface area contributed by atoms with Crippen LogP contribution in [0.2, 0.25) is 5.02 Å². The Hall–Kier alpha value is -5.55. The molecule has 0 spiro atoms. The van der Waals surface area contributed by atoms with Gasteiger partial charge in [-0.15, -0.1) is 0 Å². The fraction of sp³-hybridized carbons (Fsp3) is 0.378. The van der Waals surface area contributed by atoms with Crippen LogP contribution in [-0.4, -0.2) is 93.1 Å². The Morgan fingerprint density at radius 2 is 1.85 bits per heavy atom. The highest BCUT2D eigenvalue weighted by molar-refractivity contribution is 7.90. The van der Waals surface area contributed by atoms with Gasteiger partial charge in [-0.2, -0.15) is 0 Å². The SMILES string of the molecule is CN(c1ccc(S(=O)(=O)NC(=O)c2ccc(N3CCN(CC4=C(c5ccc(Cl)cc5F)CC(C)(C)CC4)CC3)cc2Oc2cnc3[nH]ccc3c2)cc1[N+](=O)[O-])C1CCOCC1. The number of nitro benzene ring substituents is 1. The van der Waals surface area contributed by atoms with Crippen LogP contribution in [0.3, 0.4) is 0 Å². The van der Waals surface area contributed by atoms with E-state index < -0.39 is 31.4 Å². The smallest absolute Gasteiger partial charge is 0.293 e. The van der Waals surface area contributed by atoms with Gasteiger partial charge in [0.1, 0.15) is 28.7 Å². The fourth-order valence-electron chi connectivity index (χ4n) is 8.66. The van der Waals surface area contributed by atoms with Crippen LogP contribution in [-0.2, 0) is 14.8 Å². The molecule has 2 aliphatic heterocycles. The molecule has 5 aromatic rings. The zero-order valence-corrected chi connectivity index (χ0v) is 36.4. The molecule has 2 N–H and O–H groups in total. The van der Waals surface area contributed by atoms with Gasteiger partial charge in [0.15, 0.2) is 0 Å². The number of nitrogens with zero attached hydrogens (tertiary/aromatic N) is 5. The van der Waals surface area contributed by atoms with E-state index in [1.54, 1.807) is 48.5 Å². The number of carbonyl (C=O) groups is 1. The number of hydrogen-bond donors (Lipinski definition) is 2. The van der Waals surface area contributed by atoms with Gasteiger partial charge in [0.25, 0.3) is 21.6 Å². The lowest BCUT2D eigenvalue weighted by Crippen LogP contribution is -2.47. The third-order valence-electron chi connectivity index (χ3n) is 12.2. The maximum Gasteiger partial charge on any atom is 0.293 e. The highest BCUT2D eigenvalue weighted by atomic mass is 35.5. The summed E-state index contributed by atoms with van der Waals surface area (Å²) in [5.74, 6) is -0.864. The van der Waals surface area contributed by atoms with E-state index in [9.17, 15) is 23.3 Å². The van der Waals surface area contributed by atoms with Gasteiger partial charge < -0.3 is 24.3 Å². The summed E-state index contributed by atoms with van der Waals surface area (Å²) in [4.78, 5) is 38.9. The summed E-state index contributed by atoms with van der Waals surface area (Å²) in [6.45, 7) is 8.96. The van der Waals surface area contributed by atoms with Gasteiger partial charge in [-0.05, 0) is 91.6 Å². The van der Waals surface area contributed by atoms with Crippen molar-refractivity contribution < 1.29 is 32.0 Å². The number of anilines is 2. The van der Waals surface area contributed by atoms with Gasteiger partial charge in [-0.1, -0.05) is 37.1 Å². The molecule has 0 unspecified atom stereocenters. The number of amides is 1. The molecule has 17 heteroatoms. The number of allylic oxidation sites excluding steroid dienone is 1. The fourth-order valence-corrected chi connectivity index (χ4v) is 9.81. The van der Waals surface area contributed by atoms with Crippen LogP contribution in [0.4, 0.5) is 21.5 Å². The van der Waals surface area contributed by atoms with Crippen LogP contribution in [0.5, 0.6) is 11.5 Å². The average molecular weight is 886 g/mol. The van der Waals surface area contributed by atoms with E-state index in [-0.39, 0.29) is 34.3 Å². The lowest BCUT2D eigenvalue weighted by molar-refractivity contribution is -0.384. The first-order valence-corrected chi connectivity index (χ1v) is 22.5. The summed E-state index contributed by atoms with van der Waals surface area (Å²) in [5.41, 5.74) is 4.16. The van der Waals surface area contributed by atoms with Crippen molar-refractivity contribution in [2.45, 2.75) is 56.9 Å². The molecular formula is C45H49ClFN7O7S. The topological polar surface area (TPSA) is 163 Å². The van der Waals surface area contributed by atoms with E-state index in [1.807, 2.05) is 6.07 Å². The molecular weight excluding hydrogens is 837 g/mol. The van der Waals surface area contributed by atoms with Crippen LogP contribution in [0.15, 0.2) is 89.6 Å².